The lowest BCUT2D eigenvalue weighted by atomic mass is 10.0. The molecule has 0 spiro atoms. The molecule has 2 aromatic rings. The number of hydrogen-bond donors (Lipinski definition) is 2. The van der Waals surface area contributed by atoms with Gasteiger partial charge in [0.05, 0.1) is 7.11 Å². The molecule has 0 saturated heterocycles. The fraction of sp³-hybridized carbons (Fsp3) is 0.550. The highest BCUT2D eigenvalue weighted by molar-refractivity contribution is 5.99. The summed E-state index contributed by atoms with van der Waals surface area (Å²) < 4.78 is 15.2. The maximum atomic E-state index is 12.6. The van der Waals surface area contributed by atoms with Crippen LogP contribution in [0.3, 0.4) is 0 Å². The van der Waals surface area contributed by atoms with Gasteiger partial charge in [0.1, 0.15) is 23.4 Å². The molecular weight excluding hydrogens is 420 g/mol. The molecule has 2 atom stereocenters. The van der Waals surface area contributed by atoms with Crippen LogP contribution in [0.1, 0.15) is 64.0 Å². The van der Waals surface area contributed by atoms with E-state index < -0.39 is 35.7 Å². The summed E-state index contributed by atoms with van der Waals surface area (Å²) in [6, 6.07) is -1.54. The molecule has 0 aliphatic heterocycles. The molecule has 0 radical (unpaired) electrons. The first kappa shape index (κ1) is 24.7. The molecule has 0 aliphatic rings. The Hall–Kier alpha value is -3.57. The SMILES string of the molecule is COC(=O)[C@H](C)NC(=O)c1nccnc1-c1noc([C@@H](NC(=O)OC(C)(C)C)C(C)C)n1. The molecule has 2 aromatic heterocycles. The topological polar surface area (TPSA) is 158 Å². The van der Waals surface area contributed by atoms with Crippen molar-refractivity contribution in [1.29, 1.82) is 0 Å². The van der Waals surface area contributed by atoms with E-state index in [1.54, 1.807) is 20.8 Å². The van der Waals surface area contributed by atoms with E-state index in [0.717, 1.165) is 0 Å². The summed E-state index contributed by atoms with van der Waals surface area (Å²) in [4.78, 5) is 48.9. The van der Waals surface area contributed by atoms with E-state index in [1.807, 2.05) is 13.8 Å². The number of carbonyl (C=O) groups is 3. The summed E-state index contributed by atoms with van der Waals surface area (Å²) in [5.74, 6) is -1.27. The smallest absolute Gasteiger partial charge is 0.408 e. The van der Waals surface area contributed by atoms with Crippen LogP contribution in [0, 0.1) is 5.92 Å². The number of nitrogens with zero attached hydrogens (tertiary/aromatic N) is 4. The van der Waals surface area contributed by atoms with Crippen LogP contribution in [0.15, 0.2) is 16.9 Å². The van der Waals surface area contributed by atoms with Crippen molar-refractivity contribution in [3.05, 3.63) is 24.0 Å². The van der Waals surface area contributed by atoms with Gasteiger partial charge in [-0.15, -0.1) is 0 Å². The molecule has 0 aliphatic carbocycles. The number of esters is 1. The van der Waals surface area contributed by atoms with E-state index >= 15 is 0 Å². The quantitative estimate of drug-likeness (QED) is 0.600. The first-order valence-electron chi connectivity index (χ1n) is 9.96. The number of hydrogen-bond acceptors (Lipinski definition) is 10. The molecule has 0 unspecified atom stereocenters. The van der Waals surface area contributed by atoms with Crippen molar-refractivity contribution in [2.75, 3.05) is 7.11 Å². The maximum Gasteiger partial charge on any atom is 0.408 e. The first-order chi connectivity index (χ1) is 14.9. The van der Waals surface area contributed by atoms with Crippen LogP contribution in [0.4, 0.5) is 4.79 Å². The second-order valence-corrected chi connectivity index (χ2v) is 8.30. The van der Waals surface area contributed by atoms with Crippen molar-refractivity contribution in [3.8, 4) is 11.5 Å². The monoisotopic (exact) mass is 448 g/mol. The molecule has 0 aromatic carbocycles. The minimum Gasteiger partial charge on any atom is -0.467 e. The molecule has 0 saturated carbocycles. The molecule has 12 nitrogen and oxygen atoms in total. The molecule has 2 amide bonds. The van der Waals surface area contributed by atoms with Crippen molar-refractivity contribution in [1.82, 2.24) is 30.7 Å². The number of rotatable bonds is 7. The van der Waals surface area contributed by atoms with Crippen molar-refractivity contribution in [2.45, 2.75) is 59.2 Å². The molecule has 2 N–H and O–H groups in total. The zero-order valence-corrected chi connectivity index (χ0v) is 19.1. The van der Waals surface area contributed by atoms with Gasteiger partial charge in [-0.25, -0.2) is 19.6 Å². The lowest BCUT2D eigenvalue weighted by molar-refractivity contribution is -0.142. The summed E-state index contributed by atoms with van der Waals surface area (Å²) >= 11 is 0. The Bertz CT molecular complexity index is 967. The van der Waals surface area contributed by atoms with Gasteiger partial charge >= 0.3 is 12.1 Å². The Balaban J connectivity index is 2.28. The van der Waals surface area contributed by atoms with Gasteiger partial charge in [-0.05, 0) is 33.6 Å². The zero-order chi connectivity index (χ0) is 24.1. The van der Waals surface area contributed by atoms with E-state index in [9.17, 15) is 14.4 Å². The van der Waals surface area contributed by atoms with Crippen molar-refractivity contribution in [2.24, 2.45) is 5.92 Å². The van der Waals surface area contributed by atoms with Crippen LogP contribution in [-0.2, 0) is 14.3 Å². The number of aromatic nitrogens is 4. The molecule has 2 heterocycles. The second-order valence-electron chi connectivity index (χ2n) is 8.30. The van der Waals surface area contributed by atoms with Gasteiger partial charge in [0.25, 0.3) is 5.91 Å². The van der Waals surface area contributed by atoms with Gasteiger partial charge in [0.2, 0.25) is 11.7 Å². The molecule has 0 fully saturated rings. The normalized spacial score (nSPS) is 13.2. The number of nitrogens with one attached hydrogen (secondary N) is 2. The zero-order valence-electron chi connectivity index (χ0n) is 19.1. The van der Waals surface area contributed by atoms with Crippen LogP contribution >= 0.6 is 0 Å². The minimum absolute atomic E-state index is 0.000565. The van der Waals surface area contributed by atoms with E-state index in [1.165, 1.54) is 26.4 Å². The number of carbonyl (C=O) groups excluding carboxylic acids is 3. The van der Waals surface area contributed by atoms with Gasteiger partial charge in [-0.1, -0.05) is 19.0 Å². The van der Waals surface area contributed by atoms with Gasteiger partial charge in [-0.3, -0.25) is 4.79 Å². The summed E-state index contributed by atoms with van der Waals surface area (Å²) in [5.41, 5.74) is -0.719. The van der Waals surface area contributed by atoms with Crippen LogP contribution in [-0.4, -0.2) is 56.8 Å². The van der Waals surface area contributed by atoms with Crippen LogP contribution < -0.4 is 10.6 Å². The first-order valence-corrected chi connectivity index (χ1v) is 9.96. The Kier molecular flexibility index (Phi) is 7.84. The fourth-order valence-electron chi connectivity index (χ4n) is 2.57. The van der Waals surface area contributed by atoms with E-state index in [2.05, 4.69) is 35.5 Å². The van der Waals surface area contributed by atoms with E-state index in [0.29, 0.717) is 0 Å². The summed E-state index contributed by atoms with van der Waals surface area (Å²) in [6.45, 7) is 10.5. The highest BCUT2D eigenvalue weighted by Gasteiger charge is 2.29. The summed E-state index contributed by atoms with van der Waals surface area (Å²) in [6.07, 6.45) is 2.06. The number of ether oxygens (including phenoxy) is 2. The molecule has 32 heavy (non-hydrogen) atoms. The number of methoxy groups -OCH3 is 1. The second kappa shape index (κ2) is 10.2. The highest BCUT2D eigenvalue weighted by atomic mass is 16.6. The van der Waals surface area contributed by atoms with Gasteiger partial charge in [0, 0.05) is 12.4 Å². The van der Waals surface area contributed by atoms with Gasteiger partial charge in [0.15, 0.2) is 5.69 Å². The average molecular weight is 448 g/mol. The maximum absolute atomic E-state index is 12.6. The van der Waals surface area contributed by atoms with Crippen LogP contribution in [0.25, 0.3) is 11.5 Å². The molecule has 0 bridgehead atoms. The van der Waals surface area contributed by atoms with Gasteiger partial charge < -0.3 is 24.6 Å². The molecule has 12 heteroatoms. The third kappa shape index (κ3) is 6.46. The number of amides is 2. The standard InChI is InChI=1S/C20H28N6O6/c1-10(2)12(24-19(29)31-20(4,5)6)17-25-15(26-32-17)13-14(22-9-8-21-13)16(27)23-11(3)18(28)30-7/h8-12H,1-7H3,(H,23,27)(H,24,29)/t11-,12-/m0/s1. The largest absolute Gasteiger partial charge is 0.467 e. The minimum atomic E-state index is -0.897. The van der Waals surface area contributed by atoms with Crippen molar-refractivity contribution in [3.63, 3.8) is 0 Å². The van der Waals surface area contributed by atoms with Crippen molar-refractivity contribution >= 4 is 18.0 Å². The third-order valence-electron chi connectivity index (χ3n) is 4.07. The van der Waals surface area contributed by atoms with E-state index in [-0.39, 0.29) is 29.0 Å². The average Bonchev–Trinajstić information content (AvgIpc) is 3.19. The predicted octanol–water partition coefficient (Wildman–Crippen LogP) is 2.04. The number of alkyl carbamates (subject to hydrolysis) is 1. The van der Waals surface area contributed by atoms with Crippen molar-refractivity contribution < 1.29 is 28.4 Å². The Morgan fingerprint density at radius 1 is 1.06 bits per heavy atom. The molecule has 174 valence electrons. The molecule has 2 rings (SSSR count). The Morgan fingerprint density at radius 2 is 1.72 bits per heavy atom. The fourth-order valence-corrected chi connectivity index (χ4v) is 2.57. The highest BCUT2D eigenvalue weighted by Crippen LogP contribution is 2.24. The van der Waals surface area contributed by atoms with Crippen LogP contribution in [0.5, 0.6) is 0 Å². The van der Waals surface area contributed by atoms with Gasteiger partial charge in [-0.2, -0.15) is 4.98 Å². The summed E-state index contributed by atoms with van der Waals surface area (Å²) in [7, 11) is 1.22. The van der Waals surface area contributed by atoms with Crippen LogP contribution in [0.2, 0.25) is 0 Å². The third-order valence-corrected chi connectivity index (χ3v) is 4.07. The molecular formula is C20H28N6O6. The lowest BCUT2D eigenvalue weighted by Gasteiger charge is -2.23. The lowest BCUT2D eigenvalue weighted by Crippen LogP contribution is -2.39. The summed E-state index contributed by atoms with van der Waals surface area (Å²) in [5, 5.41) is 9.08. The Labute approximate surface area is 185 Å². The predicted molar refractivity (Wildman–Crippen MR) is 111 cm³/mol. The van der Waals surface area contributed by atoms with E-state index in [4.69, 9.17) is 9.26 Å². The Morgan fingerprint density at radius 3 is 2.31 bits per heavy atom.